The van der Waals surface area contributed by atoms with E-state index in [1.54, 1.807) is 31.2 Å². The van der Waals surface area contributed by atoms with E-state index in [1.807, 2.05) is 6.07 Å². The number of nitriles is 1. The summed E-state index contributed by atoms with van der Waals surface area (Å²) in [7, 11) is 0. The zero-order valence-electron chi connectivity index (χ0n) is 13.2. The molecule has 25 heavy (non-hydrogen) atoms. The van der Waals surface area contributed by atoms with Crippen molar-refractivity contribution in [2.24, 2.45) is 11.8 Å². The molecule has 1 aliphatic rings. The van der Waals surface area contributed by atoms with E-state index in [0.29, 0.717) is 11.1 Å². The van der Waals surface area contributed by atoms with Crippen molar-refractivity contribution in [2.75, 3.05) is 13.1 Å². The van der Waals surface area contributed by atoms with Crippen LogP contribution >= 0.6 is 0 Å². The first-order valence-corrected chi connectivity index (χ1v) is 7.48. The van der Waals surface area contributed by atoms with E-state index >= 15 is 0 Å². The molecule has 1 saturated heterocycles. The number of benzene rings is 1. The number of hydrogen-bond donors (Lipinski definition) is 2. The first-order chi connectivity index (χ1) is 11.6. The Morgan fingerprint density at radius 2 is 1.92 bits per heavy atom. The molecule has 1 aromatic rings. The number of rotatable bonds is 3. The molecule has 134 valence electrons. The lowest BCUT2D eigenvalue weighted by molar-refractivity contribution is -0.187. The average molecular weight is 355 g/mol. The second-order valence-corrected chi connectivity index (χ2v) is 5.90. The van der Waals surface area contributed by atoms with E-state index in [4.69, 9.17) is 10.4 Å². The van der Waals surface area contributed by atoms with Crippen molar-refractivity contribution in [3.8, 4) is 6.07 Å². The fourth-order valence-electron chi connectivity index (χ4n) is 2.76. The number of carboxylic acids is 1. The van der Waals surface area contributed by atoms with E-state index in [1.165, 1.54) is 0 Å². The van der Waals surface area contributed by atoms with Gasteiger partial charge in [0.05, 0.1) is 29.5 Å². The number of alkyl halides is 3. The Bertz CT molecular complexity index is 697. The maximum Gasteiger partial charge on any atom is 0.394 e. The largest absolute Gasteiger partial charge is 0.481 e. The monoisotopic (exact) mass is 355 g/mol. The molecule has 6 nitrogen and oxygen atoms in total. The quantitative estimate of drug-likeness (QED) is 0.871. The van der Waals surface area contributed by atoms with Crippen LogP contribution in [0.25, 0.3) is 0 Å². The van der Waals surface area contributed by atoms with E-state index in [-0.39, 0.29) is 0 Å². The number of carbonyl (C=O) groups is 2. The van der Waals surface area contributed by atoms with Gasteiger partial charge in [0.25, 0.3) is 0 Å². The van der Waals surface area contributed by atoms with E-state index < -0.39 is 49.1 Å². The number of likely N-dealkylation sites (tertiary alicyclic amines) is 1. The van der Waals surface area contributed by atoms with Gasteiger partial charge in [0.15, 0.2) is 0 Å². The van der Waals surface area contributed by atoms with E-state index in [9.17, 15) is 22.8 Å². The normalized spacial score (nSPS) is 21.5. The van der Waals surface area contributed by atoms with E-state index in [2.05, 4.69) is 5.32 Å². The fourth-order valence-corrected chi connectivity index (χ4v) is 2.76. The van der Waals surface area contributed by atoms with Crippen LogP contribution in [0.5, 0.6) is 0 Å². The minimum atomic E-state index is -4.68. The number of nitrogens with one attached hydrogen (secondary N) is 1. The van der Waals surface area contributed by atoms with Crippen molar-refractivity contribution in [3.05, 3.63) is 35.4 Å². The van der Waals surface area contributed by atoms with Crippen molar-refractivity contribution >= 4 is 12.0 Å². The Labute approximate surface area is 141 Å². The smallest absolute Gasteiger partial charge is 0.394 e. The summed E-state index contributed by atoms with van der Waals surface area (Å²) in [5.41, 5.74) is 1.12. The lowest BCUT2D eigenvalue weighted by atomic mass is 9.96. The molecule has 0 bridgehead atoms. The standard InChI is InChI=1S/C16H16F3N3O3/c1-9(11-4-2-10(6-20)3-5-11)21-15(25)22-7-12(14(23)24)13(8-22)16(17,18)19/h2-5,9,12-13H,7-8H2,1H3,(H,21,25)(H,23,24)/t9?,12-,13-/m1/s1. The Balaban J connectivity index is 2.05. The lowest BCUT2D eigenvalue weighted by Crippen LogP contribution is -2.40. The number of urea groups is 1. The summed E-state index contributed by atoms with van der Waals surface area (Å²) in [5.74, 6) is -5.32. The van der Waals surface area contributed by atoms with Gasteiger partial charge in [-0.15, -0.1) is 0 Å². The SMILES string of the molecule is CC(NC(=O)N1C[C@@H](C(F)(F)F)[C@H](C(=O)O)C1)c1ccc(C#N)cc1. The number of aliphatic carboxylic acids is 1. The molecule has 1 heterocycles. The summed E-state index contributed by atoms with van der Waals surface area (Å²) in [6.45, 7) is 0.461. The van der Waals surface area contributed by atoms with Crippen molar-refractivity contribution in [2.45, 2.75) is 19.1 Å². The molecule has 0 spiro atoms. The molecule has 0 radical (unpaired) electrons. The van der Waals surface area contributed by atoms with Crippen molar-refractivity contribution in [1.29, 1.82) is 5.26 Å². The molecule has 1 aromatic carbocycles. The number of carboxylic acid groups (broad SMARTS) is 1. The molecule has 9 heteroatoms. The molecule has 2 rings (SSSR count). The van der Waals surface area contributed by atoms with Gasteiger partial charge < -0.3 is 15.3 Å². The van der Waals surface area contributed by atoms with Gasteiger partial charge in [-0.2, -0.15) is 18.4 Å². The molecule has 2 N–H and O–H groups in total. The van der Waals surface area contributed by atoms with E-state index in [0.717, 1.165) is 4.90 Å². The summed E-state index contributed by atoms with van der Waals surface area (Å²) in [6, 6.07) is 7.08. The minimum absolute atomic E-state index is 0.444. The average Bonchev–Trinajstić information content (AvgIpc) is 3.01. The first-order valence-electron chi connectivity index (χ1n) is 7.48. The van der Waals surface area contributed by atoms with Gasteiger partial charge in [-0.3, -0.25) is 4.79 Å². The zero-order valence-corrected chi connectivity index (χ0v) is 13.2. The van der Waals surface area contributed by atoms with Crippen LogP contribution in [0.4, 0.5) is 18.0 Å². The molecule has 2 amide bonds. The molecular formula is C16H16F3N3O3. The summed E-state index contributed by atoms with van der Waals surface area (Å²) in [6.07, 6.45) is -4.68. The van der Waals surface area contributed by atoms with Crippen LogP contribution in [0.3, 0.4) is 0 Å². The number of halogens is 3. The number of carbonyl (C=O) groups excluding carboxylic acids is 1. The second kappa shape index (κ2) is 7.01. The van der Waals surface area contributed by atoms with Gasteiger partial charge in [-0.25, -0.2) is 4.79 Å². The molecule has 1 aliphatic heterocycles. The van der Waals surface area contributed by atoms with Crippen LogP contribution in [0.1, 0.15) is 24.1 Å². The topological polar surface area (TPSA) is 93.4 Å². The minimum Gasteiger partial charge on any atom is -0.481 e. The molecule has 0 aromatic heterocycles. The molecular weight excluding hydrogens is 339 g/mol. The third kappa shape index (κ3) is 4.21. The predicted octanol–water partition coefficient (Wildman–Crippen LogP) is 2.52. The van der Waals surface area contributed by atoms with Crippen LogP contribution in [-0.2, 0) is 4.79 Å². The first kappa shape index (κ1) is 18.6. The van der Waals surface area contributed by atoms with Gasteiger partial charge in [0.1, 0.15) is 0 Å². The number of nitrogens with zero attached hydrogens (tertiary/aromatic N) is 2. The maximum atomic E-state index is 13.0. The van der Waals surface area contributed by atoms with Crippen LogP contribution in [0.15, 0.2) is 24.3 Å². The van der Waals surface area contributed by atoms with Gasteiger partial charge in [-0.1, -0.05) is 12.1 Å². The number of hydrogen-bond acceptors (Lipinski definition) is 3. The van der Waals surface area contributed by atoms with Gasteiger partial charge in [-0.05, 0) is 24.6 Å². The second-order valence-electron chi connectivity index (χ2n) is 5.90. The maximum absolute atomic E-state index is 13.0. The van der Waals surface area contributed by atoms with Gasteiger partial charge >= 0.3 is 18.2 Å². The Morgan fingerprint density at radius 1 is 1.32 bits per heavy atom. The molecule has 0 saturated carbocycles. The van der Waals surface area contributed by atoms with Crippen LogP contribution in [-0.4, -0.2) is 41.3 Å². The molecule has 3 atom stereocenters. The summed E-state index contributed by atoms with van der Waals surface area (Å²) in [5, 5.41) is 20.3. The predicted molar refractivity (Wildman–Crippen MR) is 80.3 cm³/mol. The van der Waals surface area contributed by atoms with Gasteiger partial charge in [0.2, 0.25) is 0 Å². The van der Waals surface area contributed by atoms with Crippen LogP contribution in [0.2, 0.25) is 0 Å². The molecule has 0 aliphatic carbocycles. The highest BCUT2D eigenvalue weighted by molar-refractivity contribution is 5.78. The Kier molecular flexibility index (Phi) is 5.21. The summed E-state index contributed by atoms with van der Waals surface area (Å²) in [4.78, 5) is 24.1. The molecule has 1 fully saturated rings. The van der Waals surface area contributed by atoms with Crippen molar-refractivity contribution in [3.63, 3.8) is 0 Å². The summed E-state index contributed by atoms with van der Waals surface area (Å²) < 4.78 is 38.9. The number of amides is 2. The third-order valence-corrected chi connectivity index (χ3v) is 4.22. The zero-order chi connectivity index (χ0) is 18.8. The summed E-state index contributed by atoms with van der Waals surface area (Å²) >= 11 is 0. The third-order valence-electron chi connectivity index (χ3n) is 4.22. The molecule has 1 unspecified atom stereocenters. The Hall–Kier alpha value is -2.76. The highest BCUT2D eigenvalue weighted by Crippen LogP contribution is 2.37. The van der Waals surface area contributed by atoms with Crippen LogP contribution in [0, 0.1) is 23.2 Å². The van der Waals surface area contributed by atoms with Crippen molar-refractivity contribution < 1.29 is 27.9 Å². The van der Waals surface area contributed by atoms with Gasteiger partial charge in [0, 0.05) is 13.1 Å². The highest BCUT2D eigenvalue weighted by atomic mass is 19.4. The van der Waals surface area contributed by atoms with Crippen molar-refractivity contribution in [1.82, 2.24) is 10.2 Å². The van der Waals surface area contributed by atoms with Crippen LogP contribution < -0.4 is 5.32 Å². The lowest BCUT2D eigenvalue weighted by Gasteiger charge is -2.21. The fraction of sp³-hybridized carbons (Fsp3) is 0.438. The Morgan fingerprint density at radius 3 is 2.36 bits per heavy atom. The highest BCUT2D eigenvalue weighted by Gasteiger charge is 2.53.